The quantitative estimate of drug-likeness (QED) is 0.895. The number of halogens is 1. The smallest absolute Gasteiger partial charge is 0.251 e. The van der Waals surface area contributed by atoms with Gasteiger partial charge in [-0.1, -0.05) is 17.7 Å². The van der Waals surface area contributed by atoms with Gasteiger partial charge >= 0.3 is 0 Å². The Balaban J connectivity index is 1.85. The van der Waals surface area contributed by atoms with Crippen molar-refractivity contribution in [3.8, 4) is 0 Å². The molecule has 1 aromatic carbocycles. The molecule has 0 aliphatic heterocycles. The number of amides is 1. The Morgan fingerprint density at radius 1 is 1.37 bits per heavy atom. The average molecular weight is 282 g/mol. The minimum absolute atomic E-state index is 0.0759. The van der Waals surface area contributed by atoms with E-state index in [1.807, 2.05) is 13.0 Å². The Labute approximate surface area is 119 Å². The van der Waals surface area contributed by atoms with E-state index in [0.717, 1.165) is 31.2 Å². The summed E-state index contributed by atoms with van der Waals surface area (Å²) in [5.74, 6) is 0.404. The van der Waals surface area contributed by atoms with Crippen molar-refractivity contribution in [3.05, 3.63) is 34.3 Å². The highest BCUT2D eigenvalue weighted by Gasteiger charge is 2.20. The van der Waals surface area contributed by atoms with Gasteiger partial charge in [-0.05, 0) is 56.2 Å². The minimum atomic E-state index is -0.150. The third-order valence-corrected chi connectivity index (χ3v) is 4.21. The number of aliphatic hydroxyl groups is 1. The zero-order valence-electron chi connectivity index (χ0n) is 11.2. The molecule has 0 spiro atoms. The Hall–Kier alpha value is -1.06. The number of hydrogen-bond donors (Lipinski definition) is 2. The number of carbonyl (C=O) groups excluding carboxylic acids is 1. The van der Waals surface area contributed by atoms with E-state index < -0.39 is 0 Å². The predicted molar refractivity (Wildman–Crippen MR) is 76.5 cm³/mol. The summed E-state index contributed by atoms with van der Waals surface area (Å²) in [6, 6.07) is 5.35. The first-order valence-corrected chi connectivity index (χ1v) is 7.16. The number of carbonyl (C=O) groups is 1. The summed E-state index contributed by atoms with van der Waals surface area (Å²) in [5, 5.41) is 13.0. The highest BCUT2D eigenvalue weighted by molar-refractivity contribution is 6.31. The molecule has 2 N–H and O–H groups in total. The Morgan fingerprint density at radius 3 is 2.68 bits per heavy atom. The molecule has 0 heterocycles. The molecule has 1 fully saturated rings. The highest BCUT2D eigenvalue weighted by Crippen LogP contribution is 2.23. The first-order valence-electron chi connectivity index (χ1n) is 6.78. The minimum Gasteiger partial charge on any atom is -0.393 e. The number of benzene rings is 1. The first kappa shape index (κ1) is 14.4. The van der Waals surface area contributed by atoms with E-state index in [9.17, 15) is 9.90 Å². The van der Waals surface area contributed by atoms with Crippen LogP contribution < -0.4 is 5.32 Å². The summed E-state index contributed by atoms with van der Waals surface area (Å²) in [5.41, 5.74) is 1.57. The maximum atomic E-state index is 12.0. The molecule has 0 radical (unpaired) electrons. The third kappa shape index (κ3) is 3.95. The predicted octanol–water partition coefficient (Wildman–Crippen LogP) is 2.93. The Morgan fingerprint density at radius 2 is 2.05 bits per heavy atom. The molecule has 1 aromatic rings. The van der Waals surface area contributed by atoms with Crippen LogP contribution >= 0.6 is 11.6 Å². The summed E-state index contributed by atoms with van der Waals surface area (Å²) in [4.78, 5) is 12.0. The molecule has 0 aromatic heterocycles. The van der Waals surface area contributed by atoms with Crippen molar-refractivity contribution in [2.45, 2.75) is 38.7 Å². The molecule has 1 amide bonds. The second-order valence-corrected chi connectivity index (χ2v) is 5.76. The standard InChI is InChI=1S/C15H20ClNO2/c1-10-2-5-12(8-14(10)16)15(19)17-9-11-3-6-13(18)7-4-11/h2,5,8,11,13,18H,3-4,6-7,9H2,1H3,(H,17,19). The number of hydrogen-bond acceptors (Lipinski definition) is 2. The van der Waals surface area contributed by atoms with Gasteiger partial charge in [-0.25, -0.2) is 0 Å². The van der Waals surface area contributed by atoms with Crippen LogP contribution in [0.3, 0.4) is 0 Å². The maximum absolute atomic E-state index is 12.0. The molecule has 1 aliphatic rings. The second-order valence-electron chi connectivity index (χ2n) is 5.35. The summed E-state index contributed by atoms with van der Waals surface area (Å²) >= 11 is 6.02. The van der Waals surface area contributed by atoms with E-state index in [2.05, 4.69) is 5.32 Å². The zero-order chi connectivity index (χ0) is 13.8. The molecule has 0 unspecified atom stereocenters. The van der Waals surface area contributed by atoms with Gasteiger partial charge in [0.25, 0.3) is 5.91 Å². The summed E-state index contributed by atoms with van der Waals surface area (Å²) < 4.78 is 0. The van der Waals surface area contributed by atoms with Crippen LogP contribution in [-0.4, -0.2) is 23.7 Å². The molecule has 19 heavy (non-hydrogen) atoms. The maximum Gasteiger partial charge on any atom is 0.251 e. The number of rotatable bonds is 3. The van der Waals surface area contributed by atoms with Gasteiger partial charge in [0.05, 0.1) is 6.10 Å². The molecule has 1 aliphatic carbocycles. The molecule has 0 saturated heterocycles. The van der Waals surface area contributed by atoms with Crippen LogP contribution in [0.5, 0.6) is 0 Å². The van der Waals surface area contributed by atoms with Crippen molar-refractivity contribution < 1.29 is 9.90 Å². The van der Waals surface area contributed by atoms with Gasteiger partial charge in [0.15, 0.2) is 0 Å². The molecular formula is C15H20ClNO2. The van der Waals surface area contributed by atoms with Crippen molar-refractivity contribution in [1.29, 1.82) is 0 Å². The van der Waals surface area contributed by atoms with Crippen molar-refractivity contribution in [3.63, 3.8) is 0 Å². The molecular weight excluding hydrogens is 262 g/mol. The second kappa shape index (κ2) is 6.40. The van der Waals surface area contributed by atoms with Crippen LogP contribution in [0.25, 0.3) is 0 Å². The largest absolute Gasteiger partial charge is 0.393 e. The van der Waals surface area contributed by atoms with Crippen LogP contribution in [0.2, 0.25) is 5.02 Å². The van der Waals surface area contributed by atoms with E-state index in [0.29, 0.717) is 23.0 Å². The molecule has 104 valence electrons. The fourth-order valence-electron chi connectivity index (χ4n) is 2.42. The number of aryl methyl sites for hydroxylation is 1. The van der Waals surface area contributed by atoms with Crippen LogP contribution in [0, 0.1) is 12.8 Å². The van der Waals surface area contributed by atoms with Gasteiger partial charge in [0, 0.05) is 17.1 Å². The van der Waals surface area contributed by atoms with Crippen LogP contribution in [0.4, 0.5) is 0 Å². The Bertz CT molecular complexity index is 453. The van der Waals surface area contributed by atoms with Crippen LogP contribution in [0.15, 0.2) is 18.2 Å². The summed E-state index contributed by atoms with van der Waals surface area (Å²) in [7, 11) is 0. The van der Waals surface area contributed by atoms with Crippen molar-refractivity contribution in [1.82, 2.24) is 5.32 Å². The number of aliphatic hydroxyl groups excluding tert-OH is 1. The Kier molecular flexibility index (Phi) is 4.83. The van der Waals surface area contributed by atoms with Gasteiger partial charge in [-0.2, -0.15) is 0 Å². The van der Waals surface area contributed by atoms with E-state index in [1.165, 1.54) is 0 Å². The van der Waals surface area contributed by atoms with Gasteiger partial charge in [0.2, 0.25) is 0 Å². The van der Waals surface area contributed by atoms with Crippen LogP contribution in [-0.2, 0) is 0 Å². The van der Waals surface area contributed by atoms with Crippen LogP contribution in [0.1, 0.15) is 41.6 Å². The van der Waals surface area contributed by atoms with E-state index in [1.54, 1.807) is 12.1 Å². The lowest BCUT2D eigenvalue weighted by atomic mass is 9.87. The van der Waals surface area contributed by atoms with E-state index >= 15 is 0 Å². The van der Waals surface area contributed by atoms with E-state index in [4.69, 9.17) is 11.6 Å². The fraction of sp³-hybridized carbons (Fsp3) is 0.533. The average Bonchev–Trinajstić information content (AvgIpc) is 2.41. The molecule has 0 bridgehead atoms. The zero-order valence-corrected chi connectivity index (χ0v) is 11.9. The lowest BCUT2D eigenvalue weighted by molar-refractivity contribution is 0.0910. The lowest BCUT2D eigenvalue weighted by Crippen LogP contribution is -2.32. The normalized spacial score (nSPS) is 23.1. The topological polar surface area (TPSA) is 49.3 Å². The van der Waals surface area contributed by atoms with Crippen molar-refractivity contribution in [2.75, 3.05) is 6.54 Å². The third-order valence-electron chi connectivity index (χ3n) is 3.80. The van der Waals surface area contributed by atoms with Gasteiger partial charge < -0.3 is 10.4 Å². The fourth-order valence-corrected chi connectivity index (χ4v) is 2.60. The van der Waals surface area contributed by atoms with Gasteiger partial charge in [-0.3, -0.25) is 4.79 Å². The monoisotopic (exact) mass is 281 g/mol. The van der Waals surface area contributed by atoms with E-state index in [-0.39, 0.29) is 12.0 Å². The molecule has 0 atom stereocenters. The van der Waals surface area contributed by atoms with Crippen molar-refractivity contribution >= 4 is 17.5 Å². The SMILES string of the molecule is Cc1ccc(C(=O)NCC2CCC(O)CC2)cc1Cl. The summed E-state index contributed by atoms with van der Waals surface area (Å²) in [6.45, 7) is 2.59. The molecule has 2 rings (SSSR count). The first-order chi connectivity index (χ1) is 9.06. The van der Waals surface area contributed by atoms with Gasteiger partial charge in [0.1, 0.15) is 0 Å². The molecule has 4 heteroatoms. The lowest BCUT2D eigenvalue weighted by Gasteiger charge is -2.25. The summed E-state index contributed by atoms with van der Waals surface area (Å²) in [6.07, 6.45) is 3.50. The highest BCUT2D eigenvalue weighted by atomic mass is 35.5. The molecule has 3 nitrogen and oxygen atoms in total. The van der Waals surface area contributed by atoms with Crippen molar-refractivity contribution in [2.24, 2.45) is 5.92 Å². The van der Waals surface area contributed by atoms with Gasteiger partial charge in [-0.15, -0.1) is 0 Å². The molecule has 1 saturated carbocycles. The number of nitrogens with one attached hydrogen (secondary N) is 1.